The number of nitrogens with zero attached hydrogens (tertiary/aromatic N) is 2. The highest BCUT2D eigenvalue weighted by Crippen LogP contribution is 2.39. The number of pyridine rings is 1. The van der Waals surface area contributed by atoms with Crippen LogP contribution in [-0.4, -0.2) is 12.6 Å². The monoisotopic (exact) mass is 520 g/mol. The highest BCUT2D eigenvalue weighted by atomic mass is 28.3. The molecule has 1 aliphatic heterocycles. The molecular formula is C35H28N2OSi. The lowest BCUT2D eigenvalue weighted by Gasteiger charge is -2.45. The molecule has 2 heterocycles. The molecule has 6 aromatic rings. The molecule has 7 rings (SSSR count). The summed E-state index contributed by atoms with van der Waals surface area (Å²) in [6.07, 6.45) is 1.93. The molecular weight excluding hydrogens is 492 g/mol. The zero-order valence-electron chi connectivity index (χ0n) is 22.0. The zero-order chi connectivity index (χ0) is 26.6. The molecule has 5 aromatic carbocycles. The normalized spacial score (nSPS) is 13.6. The van der Waals surface area contributed by atoms with Crippen molar-refractivity contribution >= 4 is 56.7 Å². The van der Waals surface area contributed by atoms with E-state index in [9.17, 15) is 4.79 Å². The highest BCUT2D eigenvalue weighted by molar-refractivity contribution is 7.21. The van der Waals surface area contributed by atoms with E-state index < -0.39 is 8.07 Å². The van der Waals surface area contributed by atoms with Crippen LogP contribution in [0.1, 0.15) is 5.56 Å². The Morgan fingerprint density at radius 2 is 1.10 bits per heavy atom. The molecule has 0 saturated heterocycles. The van der Waals surface area contributed by atoms with Gasteiger partial charge in [0.25, 0.3) is 5.56 Å². The Hall–Kier alpha value is -4.67. The van der Waals surface area contributed by atoms with Crippen molar-refractivity contribution in [1.82, 2.24) is 4.57 Å². The molecule has 0 saturated carbocycles. The van der Waals surface area contributed by atoms with Gasteiger partial charge in [0.05, 0.1) is 0 Å². The number of aryl methyl sites for hydroxylation is 2. The maximum atomic E-state index is 12.9. The summed E-state index contributed by atoms with van der Waals surface area (Å²) in [5, 5.41) is 7.20. The zero-order valence-corrected chi connectivity index (χ0v) is 23.0. The van der Waals surface area contributed by atoms with E-state index in [1.54, 1.807) is 4.57 Å². The average Bonchev–Trinajstić information content (AvgIpc) is 2.99. The van der Waals surface area contributed by atoms with Gasteiger partial charge < -0.3 is 9.47 Å². The number of aromatic nitrogens is 1. The molecule has 0 radical (unpaired) electrons. The van der Waals surface area contributed by atoms with E-state index in [1.807, 2.05) is 19.3 Å². The van der Waals surface area contributed by atoms with Crippen molar-refractivity contribution in [2.75, 3.05) is 4.90 Å². The molecule has 0 bridgehead atoms. The lowest BCUT2D eigenvalue weighted by molar-refractivity contribution is 0.866. The van der Waals surface area contributed by atoms with Crippen LogP contribution in [0.3, 0.4) is 0 Å². The third-order valence-electron chi connectivity index (χ3n) is 8.14. The Bertz CT molecular complexity index is 1820. The van der Waals surface area contributed by atoms with Gasteiger partial charge in [-0.3, -0.25) is 4.79 Å². The van der Waals surface area contributed by atoms with Gasteiger partial charge in [-0.15, -0.1) is 0 Å². The predicted molar refractivity (Wildman–Crippen MR) is 166 cm³/mol. The lowest BCUT2D eigenvalue weighted by Crippen LogP contribution is -2.77. The summed E-state index contributed by atoms with van der Waals surface area (Å²) in [6.45, 7) is 2.08. The fourth-order valence-corrected chi connectivity index (χ4v) is 11.6. The van der Waals surface area contributed by atoms with Gasteiger partial charge in [-0.1, -0.05) is 97.1 Å². The summed E-state index contributed by atoms with van der Waals surface area (Å²) in [4.78, 5) is 15.3. The van der Waals surface area contributed by atoms with E-state index in [-0.39, 0.29) is 5.56 Å². The third kappa shape index (κ3) is 3.38. The summed E-state index contributed by atoms with van der Waals surface area (Å²) in [6, 6.07) is 46.1. The van der Waals surface area contributed by atoms with Crippen molar-refractivity contribution in [2.45, 2.75) is 6.92 Å². The number of anilines is 3. The highest BCUT2D eigenvalue weighted by Gasteiger charge is 2.48. The first-order valence-electron chi connectivity index (χ1n) is 13.3. The minimum Gasteiger partial charge on any atom is -0.318 e. The van der Waals surface area contributed by atoms with E-state index in [0.717, 1.165) is 22.0 Å². The van der Waals surface area contributed by atoms with Gasteiger partial charge in [0, 0.05) is 35.7 Å². The van der Waals surface area contributed by atoms with Gasteiger partial charge in [-0.25, -0.2) is 0 Å². The van der Waals surface area contributed by atoms with Gasteiger partial charge in [-0.2, -0.15) is 0 Å². The summed E-state index contributed by atoms with van der Waals surface area (Å²) in [5.41, 5.74) is 4.56. The quantitative estimate of drug-likeness (QED) is 0.306. The van der Waals surface area contributed by atoms with Crippen molar-refractivity contribution in [3.8, 4) is 0 Å². The fraction of sp³-hybridized carbons (Fsp3) is 0.0571. The molecule has 1 aromatic heterocycles. The van der Waals surface area contributed by atoms with Crippen LogP contribution in [0.5, 0.6) is 0 Å². The van der Waals surface area contributed by atoms with Crippen LogP contribution in [0.15, 0.2) is 138 Å². The minimum absolute atomic E-state index is 0.0289. The third-order valence-corrected chi connectivity index (χ3v) is 13.0. The van der Waals surface area contributed by atoms with Gasteiger partial charge in [0.2, 0.25) is 0 Å². The first-order chi connectivity index (χ1) is 19.1. The fourth-order valence-electron chi connectivity index (χ4n) is 6.48. The molecule has 1 aliphatic rings. The van der Waals surface area contributed by atoms with E-state index in [0.29, 0.717) is 0 Å². The first-order valence-corrected chi connectivity index (χ1v) is 15.3. The number of rotatable bonds is 3. The summed E-state index contributed by atoms with van der Waals surface area (Å²) >= 11 is 0. The SMILES string of the molecule is Cc1cn(C)c(=O)c2ccc(N3c4ccccc4[Si](c4ccccc4)(c4ccccc4)c4ccccc43)cc12. The molecule has 0 spiro atoms. The Labute approximate surface area is 229 Å². The smallest absolute Gasteiger partial charge is 0.258 e. The number of fused-ring (bicyclic) bond motifs is 3. The van der Waals surface area contributed by atoms with Crippen LogP contribution < -0.4 is 31.2 Å². The maximum Gasteiger partial charge on any atom is 0.258 e. The van der Waals surface area contributed by atoms with E-state index in [2.05, 4.69) is 133 Å². The number of hydrogen-bond acceptors (Lipinski definition) is 2. The first kappa shape index (κ1) is 23.4. The second-order valence-corrected chi connectivity index (χ2v) is 14.0. The Kier molecular flexibility index (Phi) is 5.39. The second kappa shape index (κ2) is 8.97. The Morgan fingerprint density at radius 1 is 0.590 bits per heavy atom. The van der Waals surface area contributed by atoms with Crippen LogP contribution in [-0.2, 0) is 7.05 Å². The summed E-state index contributed by atoms with van der Waals surface area (Å²) in [7, 11) is -0.810. The van der Waals surface area contributed by atoms with Crippen molar-refractivity contribution in [3.63, 3.8) is 0 Å². The largest absolute Gasteiger partial charge is 0.318 e. The van der Waals surface area contributed by atoms with Crippen LogP contribution in [0, 0.1) is 6.92 Å². The van der Waals surface area contributed by atoms with Crippen molar-refractivity contribution in [3.05, 3.63) is 150 Å². The minimum atomic E-state index is -2.63. The van der Waals surface area contributed by atoms with Gasteiger partial charge >= 0.3 is 0 Å². The maximum absolute atomic E-state index is 12.9. The summed E-state index contributed by atoms with van der Waals surface area (Å²) in [5.74, 6) is 0. The van der Waals surface area contributed by atoms with Crippen molar-refractivity contribution < 1.29 is 0 Å². The Balaban J connectivity index is 1.59. The molecule has 39 heavy (non-hydrogen) atoms. The molecule has 0 unspecified atom stereocenters. The molecule has 4 heteroatoms. The second-order valence-electron chi connectivity index (χ2n) is 10.3. The van der Waals surface area contributed by atoms with Gasteiger partial charge in [0.1, 0.15) is 0 Å². The Morgan fingerprint density at radius 3 is 1.67 bits per heavy atom. The number of hydrogen-bond donors (Lipinski definition) is 0. The van der Waals surface area contributed by atoms with Crippen LogP contribution in [0.4, 0.5) is 17.1 Å². The van der Waals surface area contributed by atoms with Crippen molar-refractivity contribution in [1.29, 1.82) is 0 Å². The average molecular weight is 521 g/mol. The van der Waals surface area contributed by atoms with E-state index in [1.165, 1.54) is 32.1 Å². The number of para-hydroxylation sites is 2. The lowest BCUT2D eigenvalue weighted by atomic mass is 10.1. The van der Waals surface area contributed by atoms with Gasteiger partial charge in [0.15, 0.2) is 8.07 Å². The van der Waals surface area contributed by atoms with Crippen LogP contribution in [0.2, 0.25) is 0 Å². The van der Waals surface area contributed by atoms with Crippen LogP contribution in [0.25, 0.3) is 10.8 Å². The molecule has 0 aliphatic carbocycles. The summed E-state index contributed by atoms with van der Waals surface area (Å²) < 4.78 is 1.67. The number of benzene rings is 5. The van der Waals surface area contributed by atoms with Crippen LogP contribution >= 0.6 is 0 Å². The molecule has 0 fully saturated rings. The molecule has 3 nitrogen and oxygen atoms in total. The van der Waals surface area contributed by atoms with E-state index in [4.69, 9.17) is 0 Å². The molecule has 188 valence electrons. The molecule has 0 amide bonds. The van der Waals surface area contributed by atoms with E-state index >= 15 is 0 Å². The molecule has 0 atom stereocenters. The van der Waals surface area contributed by atoms with Gasteiger partial charge in [-0.05, 0) is 69.0 Å². The predicted octanol–water partition coefficient (Wildman–Crippen LogP) is 5.01. The van der Waals surface area contributed by atoms with Crippen molar-refractivity contribution in [2.24, 2.45) is 7.05 Å². The topological polar surface area (TPSA) is 25.2 Å². The standard InChI is InChI=1S/C35H28N2OSi/c1-25-24-36(2)35(38)29-22-21-26(23-30(25)29)37-31-17-9-11-19-33(31)39(27-13-5-3-6-14-27,28-15-7-4-8-16-28)34-20-12-10-18-32(34)37/h3-24H,1-2H3. The molecule has 0 N–H and O–H groups in total.